The van der Waals surface area contributed by atoms with E-state index in [4.69, 9.17) is 5.73 Å². The molecule has 0 spiro atoms. The quantitative estimate of drug-likeness (QED) is 0.661. The Morgan fingerprint density at radius 1 is 0.929 bits per heavy atom. The minimum atomic E-state index is 0. The van der Waals surface area contributed by atoms with Crippen LogP contribution >= 0.6 is 12.4 Å². The fraction of sp³-hybridized carbons (Fsp3) is 1.00. The molecule has 0 atom stereocenters. The Morgan fingerprint density at radius 2 is 1.29 bits per heavy atom. The lowest BCUT2D eigenvalue weighted by Gasteiger charge is -2.64. The molecule has 0 amide bonds. The number of rotatable bonds is 0. The minimum absolute atomic E-state index is 0. The standard InChI is InChI=1S/C12H21N.ClH/c1-11-4-8-3-9(5-11)7-12(2,6-8)10(11)13;/h8-10H,3-7,13H2,1-2H3;1H. The van der Waals surface area contributed by atoms with Crippen LogP contribution in [0.2, 0.25) is 0 Å². The van der Waals surface area contributed by atoms with Gasteiger partial charge < -0.3 is 5.73 Å². The van der Waals surface area contributed by atoms with Crippen molar-refractivity contribution < 1.29 is 0 Å². The van der Waals surface area contributed by atoms with E-state index in [9.17, 15) is 0 Å². The van der Waals surface area contributed by atoms with Crippen molar-refractivity contribution in [1.29, 1.82) is 0 Å². The zero-order valence-electron chi connectivity index (χ0n) is 9.25. The van der Waals surface area contributed by atoms with Gasteiger partial charge in [-0.3, -0.25) is 0 Å². The molecule has 0 aromatic heterocycles. The number of hydrogen-bond acceptors (Lipinski definition) is 1. The molecule has 0 radical (unpaired) electrons. The van der Waals surface area contributed by atoms with Crippen molar-refractivity contribution >= 4 is 12.4 Å². The lowest BCUT2D eigenvalue weighted by Crippen LogP contribution is -2.63. The van der Waals surface area contributed by atoms with Crippen molar-refractivity contribution in [2.75, 3.05) is 0 Å². The van der Waals surface area contributed by atoms with E-state index in [0.717, 1.165) is 11.8 Å². The van der Waals surface area contributed by atoms with Crippen molar-refractivity contribution in [3.8, 4) is 0 Å². The molecule has 0 aromatic rings. The second-order valence-corrected chi connectivity index (χ2v) is 6.57. The highest BCUT2D eigenvalue weighted by Crippen LogP contribution is 2.64. The molecular formula is C12H22ClN. The van der Waals surface area contributed by atoms with Crippen LogP contribution in [0.5, 0.6) is 0 Å². The molecule has 0 aromatic carbocycles. The van der Waals surface area contributed by atoms with Gasteiger partial charge in [0.25, 0.3) is 0 Å². The molecule has 1 nitrogen and oxygen atoms in total. The van der Waals surface area contributed by atoms with Crippen LogP contribution in [-0.2, 0) is 0 Å². The number of halogens is 1. The van der Waals surface area contributed by atoms with Crippen LogP contribution in [-0.4, -0.2) is 6.04 Å². The summed E-state index contributed by atoms with van der Waals surface area (Å²) in [4.78, 5) is 0. The van der Waals surface area contributed by atoms with Gasteiger partial charge in [0.2, 0.25) is 0 Å². The minimum Gasteiger partial charge on any atom is -0.327 e. The summed E-state index contributed by atoms with van der Waals surface area (Å²) in [5.74, 6) is 2.03. The molecule has 4 rings (SSSR count). The molecule has 82 valence electrons. The normalized spacial score (nSPS) is 59.8. The molecular weight excluding hydrogens is 194 g/mol. The van der Waals surface area contributed by atoms with E-state index >= 15 is 0 Å². The maximum absolute atomic E-state index is 6.44. The van der Waals surface area contributed by atoms with Crippen LogP contribution in [0, 0.1) is 22.7 Å². The molecule has 0 heterocycles. The van der Waals surface area contributed by atoms with E-state index < -0.39 is 0 Å². The Kier molecular flexibility index (Phi) is 2.22. The van der Waals surface area contributed by atoms with Crippen LogP contribution < -0.4 is 5.73 Å². The van der Waals surface area contributed by atoms with Gasteiger partial charge in [-0.05, 0) is 54.8 Å². The monoisotopic (exact) mass is 215 g/mol. The summed E-state index contributed by atoms with van der Waals surface area (Å²) >= 11 is 0. The Hall–Kier alpha value is 0.250. The lowest BCUT2D eigenvalue weighted by atomic mass is 9.43. The Bertz CT molecular complexity index is 215. The van der Waals surface area contributed by atoms with Gasteiger partial charge in [-0.25, -0.2) is 0 Å². The van der Waals surface area contributed by atoms with Crippen molar-refractivity contribution in [1.82, 2.24) is 0 Å². The first-order valence-corrected chi connectivity index (χ1v) is 5.77. The van der Waals surface area contributed by atoms with E-state index in [0.29, 0.717) is 16.9 Å². The summed E-state index contributed by atoms with van der Waals surface area (Å²) in [7, 11) is 0. The third-order valence-corrected chi connectivity index (χ3v) is 5.19. The molecule has 2 N–H and O–H groups in total. The van der Waals surface area contributed by atoms with Crippen LogP contribution in [0.25, 0.3) is 0 Å². The first-order chi connectivity index (χ1) is 6.02. The highest BCUT2D eigenvalue weighted by atomic mass is 35.5. The van der Waals surface area contributed by atoms with Crippen molar-refractivity contribution in [3.05, 3.63) is 0 Å². The summed E-state index contributed by atoms with van der Waals surface area (Å²) in [6, 6.07) is 0.479. The molecule has 4 aliphatic carbocycles. The first kappa shape index (κ1) is 10.8. The summed E-state index contributed by atoms with van der Waals surface area (Å²) in [6.07, 6.45) is 7.18. The number of hydrogen-bond donors (Lipinski definition) is 1. The first-order valence-electron chi connectivity index (χ1n) is 5.77. The second-order valence-electron chi connectivity index (χ2n) is 6.57. The zero-order valence-corrected chi connectivity index (χ0v) is 10.1. The average molecular weight is 216 g/mol. The molecule has 4 aliphatic rings. The number of nitrogens with two attached hydrogens (primary N) is 1. The van der Waals surface area contributed by atoms with Crippen LogP contribution in [0.1, 0.15) is 46.0 Å². The van der Waals surface area contributed by atoms with Gasteiger partial charge in [-0.1, -0.05) is 13.8 Å². The molecule has 0 saturated heterocycles. The second kappa shape index (κ2) is 2.89. The molecule has 4 fully saturated rings. The Balaban J connectivity index is 0.000000750. The molecule has 14 heavy (non-hydrogen) atoms. The van der Waals surface area contributed by atoms with Crippen LogP contribution in [0.3, 0.4) is 0 Å². The third kappa shape index (κ3) is 1.18. The molecule has 0 aliphatic heterocycles. The Labute approximate surface area is 93.2 Å². The van der Waals surface area contributed by atoms with Crippen molar-refractivity contribution in [3.63, 3.8) is 0 Å². The topological polar surface area (TPSA) is 26.0 Å². The van der Waals surface area contributed by atoms with Crippen LogP contribution in [0.15, 0.2) is 0 Å². The maximum atomic E-state index is 6.44. The fourth-order valence-corrected chi connectivity index (χ4v) is 5.10. The fourth-order valence-electron chi connectivity index (χ4n) is 5.10. The van der Waals surface area contributed by atoms with Gasteiger partial charge in [0.15, 0.2) is 0 Å². The van der Waals surface area contributed by atoms with Gasteiger partial charge in [0, 0.05) is 6.04 Å². The zero-order chi connectivity index (χ0) is 9.27. The summed E-state index contributed by atoms with van der Waals surface area (Å²) in [6.45, 7) is 4.88. The Morgan fingerprint density at radius 3 is 1.64 bits per heavy atom. The third-order valence-electron chi connectivity index (χ3n) is 5.19. The summed E-state index contributed by atoms with van der Waals surface area (Å²) < 4.78 is 0. The van der Waals surface area contributed by atoms with Crippen molar-refractivity contribution in [2.24, 2.45) is 28.4 Å². The highest BCUT2D eigenvalue weighted by molar-refractivity contribution is 5.85. The SMILES string of the molecule is CC12CC3CC(C1)CC(C)(C3)C2N.Cl. The van der Waals surface area contributed by atoms with Gasteiger partial charge >= 0.3 is 0 Å². The summed E-state index contributed by atoms with van der Waals surface area (Å²) in [5, 5.41) is 0. The van der Waals surface area contributed by atoms with E-state index in [-0.39, 0.29) is 12.4 Å². The molecule has 4 bridgehead atoms. The van der Waals surface area contributed by atoms with Crippen LogP contribution in [0.4, 0.5) is 0 Å². The van der Waals surface area contributed by atoms with E-state index in [1.54, 1.807) is 0 Å². The van der Waals surface area contributed by atoms with E-state index in [1.807, 2.05) is 0 Å². The predicted octanol–water partition coefficient (Wildman–Crippen LogP) is 2.97. The van der Waals surface area contributed by atoms with Gasteiger partial charge in [0.1, 0.15) is 0 Å². The molecule has 4 saturated carbocycles. The maximum Gasteiger partial charge on any atom is 0.0148 e. The summed E-state index contributed by atoms with van der Waals surface area (Å²) in [5.41, 5.74) is 7.43. The lowest BCUT2D eigenvalue weighted by molar-refractivity contribution is -0.112. The van der Waals surface area contributed by atoms with Gasteiger partial charge in [-0.2, -0.15) is 0 Å². The smallest absolute Gasteiger partial charge is 0.0148 e. The highest BCUT2D eigenvalue weighted by Gasteiger charge is 2.58. The average Bonchev–Trinajstić information content (AvgIpc) is 1.97. The van der Waals surface area contributed by atoms with Gasteiger partial charge in [0.05, 0.1) is 0 Å². The van der Waals surface area contributed by atoms with Gasteiger partial charge in [-0.15, -0.1) is 12.4 Å². The van der Waals surface area contributed by atoms with E-state index in [1.165, 1.54) is 32.1 Å². The predicted molar refractivity (Wildman–Crippen MR) is 61.5 cm³/mol. The molecule has 0 unspecified atom stereocenters. The van der Waals surface area contributed by atoms with E-state index in [2.05, 4.69) is 13.8 Å². The molecule has 2 heteroatoms. The largest absolute Gasteiger partial charge is 0.327 e. The van der Waals surface area contributed by atoms with Crippen molar-refractivity contribution in [2.45, 2.75) is 52.0 Å².